The number of carboxylic acids is 1. The number of likely N-dealkylation sites (tertiary alicyclic amines) is 1. The normalized spacial score (nSPS) is 28.2. The van der Waals surface area contributed by atoms with Crippen molar-refractivity contribution in [3.8, 4) is 0 Å². The molecule has 0 saturated carbocycles. The van der Waals surface area contributed by atoms with Crippen molar-refractivity contribution in [1.29, 1.82) is 0 Å². The number of nitrogens with one attached hydrogen (secondary N) is 1. The lowest BCUT2D eigenvalue weighted by molar-refractivity contribution is -0.145. The SMILES string of the molecule is CCCNC(C)(CN1C(C)CCC1CC)C(=O)O. The van der Waals surface area contributed by atoms with Crippen LogP contribution in [0.5, 0.6) is 0 Å². The predicted octanol–water partition coefficient (Wildman–Crippen LogP) is 2.09. The molecule has 0 aromatic carbocycles. The Bertz CT molecular complexity index is 283. The van der Waals surface area contributed by atoms with Crippen LogP contribution in [0.1, 0.15) is 53.4 Å². The lowest BCUT2D eigenvalue weighted by Crippen LogP contribution is -2.58. The standard InChI is InChI=1S/C14H28N2O2/c1-5-9-15-14(4,13(17)18)10-16-11(3)7-8-12(16)6-2/h11-12,15H,5-10H2,1-4H3,(H,17,18). The molecule has 0 spiro atoms. The first-order chi connectivity index (χ1) is 8.44. The van der Waals surface area contributed by atoms with Gasteiger partial charge in [0.2, 0.25) is 0 Å². The van der Waals surface area contributed by atoms with Gasteiger partial charge in [-0.2, -0.15) is 0 Å². The zero-order valence-electron chi connectivity index (χ0n) is 12.2. The Hall–Kier alpha value is -0.610. The summed E-state index contributed by atoms with van der Waals surface area (Å²) in [6.45, 7) is 9.61. The molecule has 0 aliphatic carbocycles. The van der Waals surface area contributed by atoms with Crippen molar-refractivity contribution in [1.82, 2.24) is 10.2 Å². The van der Waals surface area contributed by atoms with Crippen LogP contribution in [-0.4, -0.2) is 46.7 Å². The van der Waals surface area contributed by atoms with Crippen molar-refractivity contribution in [2.45, 2.75) is 71.0 Å². The number of aliphatic carboxylic acids is 1. The second kappa shape index (κ2) is 6.53. The Morgan fingerprint density at radius 2 is 2.11 bits per heavy atom. The van der Waals surface area contributed by atoms with Crippen LogP contribution in [0.4, 0.5) is 0 Å². The molecule has 3 atom stereocenters. The molecule has 0 radical (unpaired) electrons. The van der Waals surface area contributed by atoms with Gasteiger partial charge in [0.1, 0.15) is 5.54 Å². The number of hydrogen-bond acceptors (Lipinski definition) is 3. The van der Waals surface area contributed by atoms with Crippen LogP contribution < -0.4 is 5.32 Å². The van der Waals surface area contributed by atoms with Crippen molar-refractivity contribution in [2.75, 3.05) is 13.1 Å². The van der Waals surface area contributed by atoms with E-state index in [9.17, 15) is 9.90 Å². The Balaban J connectivity index is 2.73. The summed E-state index contributed by atoms with van der Waals surface area (Å²) in [5, 5.41) is 12.7. The molecule has 0 aromatic rings. The molecular weight excluding hydrogens is 228 g/mol. The lowest BCUT2D eigenvalue weighted by Gasteiger charge is -2.36. The first-order valence-corrected chi connectivity index (χ1v) is 7.18. The maximum Gasteiger partial charge on any atom is 0.324 e. The molecule has 1 rings (SSSR count). The van der Waals surface area contributed by atoms with Gasteiger partial charge in [-0.25, -0.2) is 0 Å². The van der Waals surface area contributed by atoms with Gasteiger partial charge in [-0.05, 0) is 46.1 Å². The van der Waals surface area contributed by atoms with Gasteiger partial charge in [-0.1, -0.05) is 13.8 Å². The largest absolute Gasteiger partial charge is 0.480 e. The summed E-state index contributed by atoms with van der Waals surface area (Å²) in [6.07, 6.45) is 4.44. The molecule has 106 valence electrons. The highest BCUT2D eigenvalue weighted by Crippen LogP contribution is 2.27. The van der Waals surface area contributed by atoms with Crippen molar-refractivity contribution in [2.24, 2.45) is 0 Å². The first-order valence-electron chi connectivity index (χ1n) is 7.18. The topological polar surface area (TPSA) is 52.6 Å². The summed E-state index contributed by atoms with van der Waals surface area (Å²) >= 11 is 0. The molecule has 1 aliphatic heterocycles. The molecule has 18 heavy (non-hydrogen) atoms. The second-order valence-corrected chi connectivity index (χ2v) is 5.72. The Labute approximate surface area is 111 Å². The molecule has 3 unspecified atom stereocenters. The number of rotatable bonds is 7. The Morgan fingerprint density at radius 1 is 1.44 bits per heavy atom. The van der Waals surface area contributed by atoms with E-state index >= 15 is 0 Å². The van der Waals surface area contributed by atoms with Crippen molar-refractivity contribution in [3.05, 3.63) is 0 Å². The van der Waals surface area contributed by atoms with E-state index in [2.05, 4.69) is 31.0 Å². The van der Waals surface area contributed by atoms with Crippen LogP contribution >= 0.6 is 0 Å². The Kier molecular flexibility index (Phi) is 5.60. The fourth-order valence-corrected chi connectivity index (χ4v) is 2.81. The van der Waals surface area contributed by atoms with Crippen molar-refractivity contribution in [3.63, 3.8) is 0 Å². The summed E-state index contributed by atoms with van der Waals surface area (Å²) in [5.74, 6) is -0.745. The summed E-state index contributed by atoms with van der Waals surface area (Å²) in [7, 11) is 0. The molecule has 1 aliphatic rings. The summed E-state index contributed by atoms with van der Waals surface area (Å²) in [6, 6.07) is 1.04. The predicted molar refractivity (Wildman–Crippen MR) is 73.8 cm³/mol. The van der Waals surface area contributed by atoms with E-state index < -0.39 is 11.5 Å². The molecule has 4 nitrogen and oxygen atoms in total. The van der Waals surface area contributed by atoms with E-state index in [4.69, 9.17) is 0 Å². The van der Waals surface area contributed by atoms with Crippen molar-refractivity contribution < 1.29 is 9.90 Å². The number of carbonyl (C=O) groups is 1. The summed E-state index contributed by atoms with van der Waals surface area (Å²) in [5.41, 5.74) is -0.831. The van der Waals surface area contributed by atoms with Gasteiger partial charge in [-0.15, -0.1) is 0 Å². The van der Waals surface area contributed by atoms with Gasteiger partial charge in [-0.3, -0.25) is 9.69 Å². The molecule has 1 saturated heterocycles. The minimum Gasteiger partial charge on any atom is -0.480 e. The molecule has 4 heteroatoms. The third kappa shape index (κ3) is 3.45. The van der Waals surface area contributed by atoms with E-state index in [1.165, 1.54) is 12.8 Å². The van der Waals surface area contributed by atoms with Crippen molar-refractivity contribution >= 4 is 5.97 Å². The van der Waals surface area contributed by atoms with Crippen LogP contribution in [0, 0.1) is 0 Å². The zero-order chi connectivity index (χ0) is 13.8. The smallest absolute Gasteiger partial charge is 0.324 e. The molecule has 0 amide bonds. The molecule has 1 heterocycles. The lowest BCUT2D eigenvalue weighted by atomic mass is 10.00. The monoisotopic (exact) mass is 256 g/mol. The average Bonchev–Trinajstić information content (AvgIpc) is 2.67. The maximum atomic E-state index is 11.5. The fourth-order valence-electron chi connectivity index (χ4n) is 2.81. The highest BCUT2D eigenvalue weighted by Gasteiger charge is 2.39. The second-order valence-electron chi connectivity index (χ2n) is 5.72. The molecule has 1 fully saturated rings. The first kappa shape index (κ1) is 15.4. The van der Waals surface area contributed by atoms with Gasteiger partial charge < -0.3 is 10.4 Å². The van der Waals surface area contributed by atoms with E-state index in [0.29, 0.717) is 18.6 Å². The third-order valence-electron chi connectivity index (χ3n) is 4.16. The number of carboxylic acid groups (broad SMARTS) is 1. The van der Waals surface area contributed by atoms with Gasteiger partial charge in [0, 0.05) is 18.6 Å². The van der Waals surface area contributed by atoms with Crippen LogP contribution in [0.2, 0.25) is 0 Å². The summed E-state index contributed by atoms with van der Waals surface area (Å²) < 4.78 is 0. The average molecular weight is 256 g/mol. The third-order valence-corrected chi connectivity index (χ3v) is 4.16. The van der Waals surface area contributed by atoms with E-state index in [0.717, 1.165) is 19.4 Å². The van der Waals surface area contributed by atoms with E-state index in [1.54, 1.807) is 0 Å². The minimum atomic E-state index is -0.831. The quantitative estimate of drug-likeness (QED) is 0.732. The van der Waals surface area contributed by atoms with Crippen LogP contribution in [0.15, 0.2) is 0 Å². The minimum absolute atomic E-state index is 0.497. The van der Waals surface area contributed by atoms with Crippen LogP contribution in [0.25, 0.3) is 0 Å². The molecule has 2 N–H and O–H groups in total. The number of nitrogens with zero attached hydrogens (tertiary/aromatic N) is 1. The number of hydrogen-bond donors (Lipinski definition) is 2. The van der Waals surface area contributed by atoms with E-state index in [-0.39, 0.29) is 0 Å². The highest BCUT2D eigenvalue weighted by molar-refractivity contribution is 5.78. The maximum absolute atomic E-state index is 11.5. The van der Waals surface area contributed by atoms with Gasteiger partial charge in [0.15, 0.2) is 0 Å². The Morgan fingerprint density at radius 3 is 2.61 bits per heavy atom. The van der Waals surface area contributed by atoms with Gasteiger partial charge in [0.05, 0.1) is 0 Å². The van der Waals surface area contributed by atoms with Gasteiger partial charge >= 0.3 is 5.97 Å². The van der Waals surface area contributed by atoms with Crippen LogP contribution in [-0.2, 0) is 4.79 Å². The molecule has 0 bridgehead atoms. The van der Waals surface area contributed by atoms with Crippen LogP contribution in [0.3, 0.4) is 0 Å². The van der Waals surface area contributed by atoms with E-state index in [1.807, 2.05) is 6.92 Å². The molecule has 0 aromatic heterocycles. The molecular formula is C14H28N2O2. The van der Waals surface area contributed by atoms with Gasteiger partial charge in [0.25, 0.3) is 0 Å². The fraction of sp³-hybridized carbons (Fsp3) is 0.929. The zero-order valence-corrected chi connectivity index (χ0v) is 12.2. The highest BCUT2D eigenvalue weighted by atomic mass is 16.4. The summed E-state index contributed by atoms with van der Waals surface area (Å²) in [4.78, 5) is 13.9.